The number of benzene rings is 4. The standard InChI is InChI=1S/C32H21F4N3O6S/c1-18-2-9-25(10-3-18)46(41,42)39-23-6-4-19(5-7-23)27-16-44-28-15-24(8-11-26(28)30(27)40)43-17-29-37-31(45-38-29)20-12-21(32(34,35)36)14-22(33)13-20/h2-16,39H,17H2,1H3. The van der Waals surface area contributed by atoms with Crippen LogP contribution in [-0.4, -0.2) is 18.6 Å². The Labute approximate surface area is 258 Å². The van der Waals surface area contributed by atoms with Gasteiger partial charge in [-0.1, -0.05) is 35.0 Å². The highest BCUT2D eigenvalue weighted by molar-refractivity contribution is 7.92. The number of halogens is 4. The SMILES string of the molecule is Cc1ccc(S(=O)(=O)Nc2ccc(-c3coc4cc(OCc5noc(-c6cc(F)cc(C(F)(F)F)c6)n5)ccc4c3=O)cc2)cc1. The molecule has 0 aliphatic heterocycles. The van der Waals surface area contributed by atoms with Gasteiger partial charge in [0.05, 0.1) is 21.4 Å². The van der Waals surface area contributed by atoms with Crippen LogP contribution in [0.2, 0.25) is 0 Å². The molecule has 0 aliphatic carbocycles. The predicted octanol–water partition coefficient (Wildman–Crippen LogP) is 7.36. The van der Waals surface area contributed by atoms with Crippen LogP contribution in [0, 0.1) is 12.7 Å². The number of alkyl halides is 3. The van der Waals surface area contributed by atoms with E-state index in [9.17, 15) is 30.8 Å². The van der Waals surface area contributed by atoms with Crippen LogP contribution in [0.4, 0.5) is 23.2 Å². The minimum Gasteiger partial charge on any atom is -0.485 e. The number of nitrogens with zero attached hydrogens (tertiary/aromatic N) is 2. The van der Waals surface area contributed by atoms with Gasteiger partial charge in [0.15, 0.2) is 12.0 Å². The van der Waals surface area contributed by atoms with Gasteiger partial charge in [-0.25, -0.2) is 12.8 Å². The molecule has 234 valence electrons. The first-order valence-electron chi connectivity index (χ1n) is 13.4. The number of fused-ring (bicyclic) bond motifs is 1. The largest absolute Gasteiger partial charge is 0.485 e. The van der Waals surface area contributed by atoms with Gasteiger partial charge in [-0.3, -0.25) is 9.52 Å². The van der Waals surface area contributed by atoms with Crippen LogP contribution in [0.25, 0.3) is 33.6 Å². The maximum atomic E-state index is 13.8. The summed E-state index contributed by atoms with van der Waals surface area (Å²) in [5.74, 6) is -1.18. The molecule has 2 heterocycles. The monoisotopic (exact) mass is 651 g/mol. The summed E-state index contributed by atoms with van der Waals surface area (Å²) in [6.07, 6.45) is -3.48. The van der Waals surface area contributed by atoms with Crippen molar-refractivity contribution in [2.24, 2.45) is 0 Å². The molecule has 0 fully saturated rings. The van der Waals surface area contributed by atoms with Gasteiger partial charge in [0.25, 0.3) is 15.9 Å². The van der Waals surface area contributed by atoms with E-state index in [1.807, 2.05) is 6.92 Å². The molecule has 14 heteroatoms. The zero-order chi connectivity index (χ0) is 32.6. The van der Waals surface area contributed by atoms with E-state index in [-0.39, 0.29) is 56.5 Å². The summed E-state index contributed by atoms with van der Waals surface area (Å²) in [6.45, 7) is 1.60. The number of hydrogen-bond donors (Lipinski definition) is 1. The quantitative estimate of drug-likeness (QED) is 0.169. The van der Waals surface area contributed by atoms with E-state index in [1.165, 1.54) is 48.7 Å². The van der Waals surface area contributed by atoms with E-state index in [0.717, 1.165) is 11.6 Å². The lowest BCUT2D eigenvalue weighted by Gasteiger charge is -2.09. The van der Waals surface area contributed by atoms with Crippen molar-refractivity contribution < 1.29 is 39.7 Å². The molecule has 0 aliphatic rings. The number of anilines is 1. The fraction of sp³-hybridized carbons (Fsp3) is 0.0938. The van der Waals surface area contributed by atoms with Crippen LogP contribution in [0.5, 0.6) is 5.75 Å². The van der Waals surface area contributed by atoms with Crippen molar-refractivity contribution >= 4 is 26.7 Å². The van der Waals surface area contributed by atoms with Crippen LogP contribution in [-0.2, 0) is 22.8 Å². The highest BCUT2D eigenvalue weighted by atomic mass is 32.2. The summed E-state index contributed by atoms with van der Waals surface area (Å²) < 4.78 is 97.1. The van der Waals surface area contributed by atoms with Crippen molar-refractivity contribution in [1.82, 2.24) is 10.1 Å². The molecule has 1 N–H and O–H groups in total. The molecule has 0 radical (unpaired) electrons. The van der Waals surface area contributed by atoms with Crippen molar-refractivity contribution in [2.75, 3.05) is 4.72 Å². The number of aryl methyl sites for hydroxylation is 1. The summed E-state index contributed by atoms with van der Waals surface area (Å²) in [5.41, 5.74) is 0.428. The molecule has 46 heavy (non-hydrogen) atoms. The average molecular weight is 652 g/mol. The summed E-state index contributed by atoms with van der Waals surface area (Å²) in [6, 6.07) is 19.1. The summed E-state index contributed by atoms with van der Waals surface area (Å²) >= 11 is 0. The van der Waals surface area contributed by atoms with Gasteiger partial charge in [0, 0.05) is 17.3 Å². The van der Waals surface area contributed by atoms with Crippen LogP contribution >= 0.6 is 0 Å². The van der Waals surface area contributed by atoms with Gasteiger partial charge in [-0.2, -0.15) is 18.2 Å². The van der Waals surface area contributed by atoms with Crippen LogP contribution in [0.1, 0.15) is 17.0 Å². The molecular weight excluding hydrogens is 630 g/mol. The second kappa shape index (κ2) is 11.8. The Kier molecular flexibility index (Phi) is 7.82. The highest BCUT2D eigenvalue weighted by Gasteiger charge is 2.32. The zero-order valence-corrected chi connectivity index (χ0v) is 24.4. The molecule has 0 spiro atoms. The molecule has 2 aromatic heterocycles. The molecule has 6 aromatic rings. The second-order valence-electron chi connectivity index (χ2n) is 10.2. The lowest BCUT2D eigenvalue weighted by Crippen LogP contribution is -2.12. The summed E-state index contributed by atoms with van der Waals surface area (Å²) in [7, 11) is -3.80. The predicted molar refractivity (Wildman–Crippen MR) is 159 cm³/mol. The topological polar surface area (TPSA) is 125 Å². The Balaban J connectivity index is 1.15. The highest BCUT2D eigenvalue weighted by Crippen LogP contribution is 2.33. The summed E-state index contributed by atoms with van der Waals surface area (Å²) in [4.78, 5) is 17.3. The van der Waals surface area contributed by atoms with E-state index in [2.05, 4.69) is 14.9 Å². The first-order chi connectivity index (χ1) is 21.9. The maximum Gasteiger partial charge on any atom is 0.416 e. The van der Waals surface area contributed by atoms with Gasteiger partial charge in [-0.15, -0.1) is 0 Å². The normalized spacial score (nSPS) is 11.9. The fourth-order valence-corrected chi connectivity index (χ4v) is 5.56. The van der Waals surface area contributed by atoms with Crippen molar-refractivity contribution in [3.63, 3.8) is 0 Å². The molecule has 0 amide bonds. The smallest absolute Gasteiger partial charge is 0.416 e. The Morgan fingerprint density at radius 3 is 2.37 bits per heavy atom. The van der Waals surface area contributed by atoms with Gasteiger partial charge in [0.2, 0.25) is 5.82 Å². The minimum absolute atomic E-state index is 0.0191. The Bertz CT molecular complexity index is 2230. The third kappa shape index (κ3) is 6.47. The molecule has 4 aromatic carbocycles. The number of nitrogens with one attached hydrogen (secondary N) is 1. The Morgan fingerprint density at radius 2 is 1.65 bits per heavy atom. The molecular formula is C32H21F4N3O6S. The molecule has 0 saturated carbocycles. The lowest BCUT2D eigenvalue weighted by molar-refractivity contribution is -0.137. The average Bonchev–Trinajstić information content (AvgIpc) is 3.49. The van der Waals surface area contributed by atoms with E-state index in [1.54, 1.807) is 24.3 Å². The van der Waals surface area contributed by atoms with Gasteiger partial charge in [-0.05, 0) is 67.1 Å². The van der Waals surface area contributed by atoms with E-state index >= 15 is 0 Å². The molecule has 0 atom stereocenters. The number of rotatable bonds is 8. The Hall–Kier alpha value is -5.50. The van der Waals surface area contributed by atoms with Crippen LogP contribution in [0.15, 0.2) is 110 Å². The fourth-order valence-electron chi connectivity index (χ4n) is 4.50. The first kappa shape index (κ1) is 30.5. The van der Waals surface area contributed by atoms with Crippen molar-refractivity contribution in [2.45, 2.75) is 24.6 Å². The van der Waals surface area contributed by atoms with Gasteiger partial charge in [0.1, 0.15) is 23.4 Å². The minimum atomic E-state index is -4.76. The van der Waals surface area contributed by atoms with Crippen LogP contribution < -0.4 is 14.9 Å². The molecule has 9 nitrogen and oxygen atoms in total. The molecule has 6 rings (SSSR count). The second-order valence-corrected chi connectivity index (χ2v) is 11.8. The molecule has 0 bridgehead atoms. The Morgan fingerprint density at radius 1 is 0.913 bits per heavy atom. The van der Waals surface area contributed by atoms with Crippen molar-refractivity contribution in [3.8, 4) is 28.3 Å². The number of ether oxygens (including phenoxy) is 1. The zero-order valence-electron chi connectivity index (χ0n) is 23.6. The number of sulfonamides is 1. The van der Waals surface area contributed by atoms with E-state index < -0.39 is 27.6 Å². The number of hydrogen-bond acceptors (Lipinski definition) is 8. The van der Waals surface area contributed by atoms with Crippen LogP contribution in [0.3, 0.4) is 0 Å². The van der Waals surface area contributed by atoms with Crippen molar-refractivity contribution in [3.05, 3.63) is 124 Å². The third-order valence-electron chi connectivity index (χ3n) is 6.83. The maximum absolute atomic E-state index is 13.8. The lowest BCUT2D eigenvalue weighted by atomic mass is 10.1. The number of aromatic nitrogens is 2. The van der Waals surface area contributed by atoms with Gasteiger partial charge < -0.3 is 13.7 Å². The molecule has 0 saturated heterocycles. The van der Waals surface area contributed by atoms with E-state index in [0.29, 0.717) is 23.4 Å². The molecule has 0 unspecified atom stereocenters. The van der Waals surface area contributed by atoms with Crippen molar-refractivity contribution in [1.29, 1.82) is 0 Å². The first-order valence-corrected chi connectivity index (χ1v) is 14.9. The van der Waals surface area contributed by atoms with E-state index in [4.69, 9.17) is 13.7 Å². The van der Waals surface area contributed by atoms with Gasteiger partial charge >= 0.3 is 6.18 Å². The summed E-state index contributed by atoms with van der Waals surface area (Å²) in [5, 5.41) is 3.92. The third-order valence-corrected chi connectivity index (χ3v) is 8.23.